The molecule has 1 heterocycles. The summed E-state index contributed by atoms with van der Waals surface area (Å²) in [6.07, 6.45) is 4.43. The number of amides is 1. The van der Waals surface area contributed by atoms with Crippen LogP contribution in [0.3, 0.4) is 0 Å². The van der Waals surface area contributed by atoms with Crippen LogP contribution in [0.5, 0.6) is 0 Å². The molecule has 0 bridgehead atoms. The van der Waals surface area contributed by atoms with Crippen molar-refractivity contribution in [2.24, 2.45) is 0 Å². The van der Waals surface area contributed by atoms with Gasteiger partial charge < -0.3 is 9.32 Å². The van der Waals surface area contributed by atoms with Gasteiger partial charge >= 0.3 is 0 Å². The van der Waals surface area contributed by atoms with Gasteiger partial charge in [-0.2, -0.15) is 0 Å². The van der Waals surface area contributed by atoms with Crippen molar-refractivity contribution < 1.29 is 17.6 Å². The Morgan fingerprint density at radius 3 is 2.67 bits per heavy atom. The minimum absolute atomic E-state index is 0.0235. The second-order valence-corrected chi connectivity index (χ2v) is 8.15. The van der Waals surface area contributed by atoms with Gasteiger partial charge in [0.2, 0.25) is 5.91 Å². The molecule has 0 spiro atoms. The molecule has 21 heavy (non-hydrogen) atoms. The van der Waals surface area contributed by atoms with E-state index in [1.54, 1.807) is 11.9 Å². The summed E-state index contributed by atoms with van der Waals surface area (Å²) in [5, 5.41) is -0.419. The highest BCUT2D eigenvalue weighted by Crippen LogP contribution is 2.29. The maximum absolute atomic E-state index is 12.3. The molecule has 1 amide bonds. The molecule has 2 atom stereocenters. The molecule has 0 radical (unpaired) electrons. The zero-order valence-corrected chi connectivity index (χ0v) is 13.6. The van der Waals surface area contributed by atoms with Gasteiger partial charge in [-0.3, -0.25) is 4.79 Å². The highest BCUT2D eigenvalue weighted by atomic mass is 32.2. The summed E-state index contributed by atoms with van der Waals surface area (Å²) in [6, 6.07) is 3.56. The molecule has 118 valence electrons. The average Bonchev–Trinajstić information content (AvgIpc) is 3.02. The normalized spacial score (nSPS) is 22.4. The Morgan fingerprint density at radius 1 is 1.38 bits per heavy atom. The summed E-state index contributed by atoms with van der Waals surface area (Å²) in [4.78, 5) is 13.9. The lowest BCUT2D eigenvalue weighted by atomic mass is 10.1. The minimum Gasteiger partial charge on any atom is -0.466 e. The van der Waals surface area contributed by atoms with Crippen molar-refractivity contribution >= 4 is 15.7 Å². The summed E-state index contributed by atoms with van der Waals surface area (Å²) in [6.45, 7) is 1.87. The van der Waals surface area contributed by atoms with E-state index in [-0.39, 0.29) is 11.9 Å². The van der Waals surface area contributed by atoms with Gasteiger partial charge in [0.15, 0.2) is 9.84 Å². The van der Waals surface area contributed by atoms with Crippen molar-refractivity contribution in [2.75, 3.05) is 13.3 Å². The molecule has 0 saturated heterocycles. The van der Waals surface area contributed by atoms with Crippen molar-refractivity contribution in [2.45, 2.75) is 50.3 Å². The molecular formula is C15H23NO4S. The topological polar surface area (TPSA) is 67.6 Å². The number of aryl methyl sites for hydroxylation is 2. The van der Waals surface area contributed by atoms with Crippen LogP contribution < -0.4 is 0 Å². The minimum atomic E-state index is -3.11. The Balaban J connectivity index is 1.95. The Bertz CT molecular complexity index is 605. The van der Waals surface area contributed by atoms with E-state index >= 15 is 0 Å². The van der Waals surface area contributed by atoms with Crippen LogP contribution in [0.25, 0.3) is 0 Å². The molecule has 1 aliphatic rings. The van der Waals surface area contributed by atoms with E-state index < -0.39 is 15.1 Å². The molecular weight excluding hydrogens is 290 g/mol. The van der Waals surface area contributed by atoms with Gasteiger partial charge in [-0.15, -0.1) is 0 Å². The highest BCUT2D eigenvalue weighted by molar-refractivity contribution is 7.91. The van der Waals surface area contributed by atoms with Crippen molar-refractivity contribution in [1.82, 2.24) is 4.90 Å². The summed E-state index contributed by atoms with van der Waals surface area (Å²) in [5.74, 6) is 1.60. The number of nitrogens with zero attached hydrogens (tertiary/aromatic N) is 1. The van der Waals surface area contributed by atoms with Gasteiger partial charge in [0.05, 0.1) is 5.25 Å². The monoisotopic (exact) mass is 313 g/mol. The van der Waals surface area contributed by atoms with E-state index in [1.807, 2.05) is 19.1 Å². The third kappa shape index (κ3) is 3.87. The average molecular weight is 313 g/mol. The number of carbonyl (C=O) groups is 1. The van der Waals surface area contributed by atoms with Gasteiger partial charge in [0.1, 0.15) is 11.5 Å². The first-order valence-electron chi connectivity index (χ1n) is 7.29. The van der Waals surface area contributed by atoms with Crippen molar-refractivity contribution in [3.05, 3.63) is 23.7 Å². The summed E-state index contributed by atoms with van der Waals surface area (Å²) >= 11 is 0. The quantitative estimate of drug-likeness (QED) is 0.833. The maximum atomic E-state index is 12.3. The fourth-order valence-corrected chi connectivity index (χ4v) is 4.54. The van der Waals surface area contributed by atoms with Gasteiger partial charge in [0, 0.05) is 32.2 Å². The molecule has 1 aliphatic carbocycles. The molecule has 5 nitrogen and oxygen atoms in total. The lowest BCUT2D eigenvalue weighted by Gasteiger charge is -2.28. The van der Waals surface area contributed by atoms with Crippen LogP contribution in [-0.2, 0) is 21.1 Å². The van der Waals surface area contributed by atoms with Crippen molar-refractivity contribution in [3.8, 4) is 0 Å². The van der Waals surface area contributed by atoms with E-state index in [0.717, 1.165) is 24.4 Å². The van der Waals surface area contributed by atoms with E-state index in [4.69, 9.17) is 4.42 Å². The number of sulfone groups is 1. The summed E-state index contributed by atoms with van der Waals surface area (Å²) in [5.41, 5.74) is 0. The van der Waals surface area contributed by atoms with E-state index in [1.165, 1.54) is 6.26 Å². The lowest BCUT2D eigenvalue weighted by molar-refractivity contribution is -0.131. The first-order chi connectivity index (χ1) is 9.79. The van der Waals surface area contributed by atoms with Crippen LogP contribution >= 0.6 is 0 Å². The second-order valence-electron chi connectivity index (χ2n) is 5.88. The molecule has 1 aromatic heterocycles. The van der Waals surface area contributed by atoms with Crippen LogP contribution in [0.4, 0.5) is 0 Å². The maximum Gasteiger partial charge on any atom is 0.223 e. The SMILES string of the molecule is Cc1ccc(CCC(=O)N(C)[C@@H]2CCC[C@@H]2S(C)(=O)=O)o1. The Kier molecular flexibility index (Phi) is 4.76. The number of hydrogen-bond donors (Lipinski definition) is 0. The molecule has 1 saturated carbocycles. The lowest BCUT2D eigenvalue weighted by Crippen LogP contribution is -2.44. The third-order valence-corrected chi connectivity index (χ3v) is 5.89. The molecule has 0 aromatic carbocycles. The van der Waals surface area contributed by atoms with Gasteiger partial charge in [-0.05, 0) is 38.3 Å². The molecule has 6 heteroatoms. The Labute approximate surface area is 126 Å². The van der Waals surface area contributed by atoms with Crippen LogP contribution in [0, 0.1) is 6.92 Å². The van der Waals surface area contributed by atoms with E-state index in [2.05, 4.69) is 0 Å². The molecule has 0 aliphatic heterocycles. The van der Waals surface area contributed by atoms with Crippen molar-refractivity contribution in [1.29, 1.82) is 0 Å². The molecule has 2 rings (SSSR count). The van der Waals surface area contributed by atoms with E-state index in [9.17, 15) is 13.2 Å². The van der Waals surface area contributed by atoms with Crippen molar-refractivity contribution in [3.63, 3.8) is 0 Å². The zero-order chi connectivity index (χ0) is 15.6. The molecule has 0 unspecified atom stereocenters. The number of carbonyl (C=O) groups excluding carboxylic acids is 1. The first-order valence-corrected chi connectivity index (χ1v) is 9.24. The third-order valence-electron chi connectivity index (χ3n) is 4.24. The largest absolute Gasteiger partial charge is 0.466 e. The first kappa shape index (κ1) is 16.1. The predicted octanol–water partition coefficient (Wildman–Crippen LogP) is 1.94. The van der Waals surface area contributed by atoms with Gasteiger partial charge in [-0.1, -0.05) is 0 Å². The van der Waals surface area contributed by atoms with Crippen LogP contribution in [0.15, 0.2) is 16.5 Å². The highest BCUT2D eigenvalue weighted by Gasteiger charge is 2.38. The second kappa shape index (κ2) is 6.22. The Morgan fingerprint density at radius 2 is 2.10 bits per heavy atom. The molecule has 1 fully saturated rings. The number of rotatable bonds is 5. The smallest absolute Gasteiger partial charge is 0.223 e. The van der Waals surface area contributed by atoms with Crippen LogP contribution in [0.1, 0.15) is 37.2 Å². The fraction of sp³-hybridized carbons (Fsp3) is 0.667. The number of hydrogen-bond acceptors (Lipinski definition) is 4. The summed E-state index contributed by atoms with van der Waals surface area (Å²) < 4.78 is 29.0. The Hall–Kier alpha value is -1.30. The zero-order valence-electron chi connectivity index (χ0n) is 12.8. The van der Waals surface area contributed by atoms with Gasteiger partial charge in [0.25, 0.3) is 0 Å². The molecule has 1 aromatic rings. The predicted molar refractivity (Wildman–Crippen MR) is 80.8 cm³/mol. The fourth-order valence-electron chi connectivity index (χ4n) is 3.06. The van der Waals surface area contributed by atoms with Crippen LogP contribution in [-0.4, -0.2) is 43.8 Å². The molecule has 0 N–H and O–H groups in total. The number of furan rings is 1. The summed E-state index contributed by atoms with van der Waals surface area (Å²) in [7, 11) is -1.39. The standard InChI is InChI=1S/C15H23NO4S/c1-11-7-8-12(20-11)9-10-15(17)16(2)13-5-4-6-14(13)21(3,18)19/h7-8,13-14H,4-6,9-10H2,1-3H3/t13-,14+/m1/s1. The van der Waals surface area contributed by atoms with Crippen LogP contribution in [0.2, 0.25) is 0 Å². The van der Waals surface area contributed by atoms with Gasteiger partial charge in [-0.25, -0.2) is 8.42 Å². The van der Waals surface area contributed by atoms with E-state index in [0.29, 0.717) is 19.3 Å².